The predicted molar refractivity (Wildman–Crippen MR) is 123 cm³/mol. The lowest BCUT2D eigenvalue weighted by Gasteiger charge is -2.10. The summed E-state index contributed by atoms with van der Waals surface area (Å²) in [4.78, 5) is 0. The van der Waals surface area contributed by atoms with Crippen LogP contribution in [0.15, 0.2) is 54.6 Å². The Morgan fingerprint density at radius 1 is 0.581 bits per heavy atom. The molecule has 0 aromatic heterocycles. The summed E-state index contributed by atoms with van der Waals surface area (Å²) in [5, 5.41) is 0. The average molecular weight is 425 g/mol. The van der Waals surface area contributed by atoms with E-state index in [9.17, 15) is 13.2 Å². The molecular formula is C28H31F3. The minimum Gasteiger partial charge on any atom is -0.207 e. The van der Waals surface area contributed by atoms with Crippen LogP contribution in [0, 0.1) is 17.5 Å². The van der Waals surface area contributed by atoms with Gasteiger partial charge in [-0.2, -0.15) is 0 Å². The van der Waals surface area contributed by atoms with Crippen molar-refractivity contribution in [3.63, 3.8) is 0 Å². The second kappa shape index (κ2) is 11.2. The summed E-state index contributed by atoms with van der Waals surface area (Å²) in [5.41, 5.74) is 4.14. The summed E-state index contributed by atoms with van der Waals surface area (Å²) < 4.78 is 43.4. The maximum Gasteiger partial charge on any atom is 0.166 e. The summed E-state index contributed by atoms with van der Waals surface area (Å²) in [6.07, 6.45) is 6.66. The number of aryl methyl sites for hydroxylation is 4. The van der Waals surface area contributed by atoms with Gasteiger partial charge >= 0.3 is 0 Å². The molecule has 0 fully saturated rings. The largest absolute Gasteiger partial charge is 0.207 e. The molecule has 31 heavy (non-hydrogen) atoms. The van der Waals surface area contributed by atoms with Gasteiger partial charge in [-0.1, -0.05) is 81.6 Å². The zero-order chi connectivity index (χ0) is 22.2. The van der Waals surface area contributed by atoms with Crippen molar-refractivity contribution in [2.24, 2.45) is 0 Å². The van der Waals surface area contributed by atoms with E-state index in [1.54, 1.807) is 18.2 Å². The fourth-order valence-electron chi connectivity index (χ4n) is 3.94. The maximum absolute atomic E-state index is 14.6. The SMILES string of the molecule is CCCCCc1ccc(-c2ccc(CCc3ccc(CCC)cc3F)cc2)c(F)c1F. The first kappa shape index (κ1) is 23.1. The van der Waals surface area contributed by atoms with E-state index >= 15 is 0 Å². The van der Waals surface area contributed by atoms with Crippen LogP contribution < -0.4 is 0 Å². The molecule has 0 N–H and O–H groups in total. The molecule has 3 rings (SSSR count). The highest BCUT2D eigenvalue weighted by Gasteiger charge is 2.14. The van der Waals surface area contributed by atoms with Gasteiger partial charge in [-0.05, 0) is 66.0 Å². The lowest BCUT2D eigenvalue weighted by Crippen LogP contribution is -1.98. The molecule has 0 saturated carbocycles. The monoisotopic (exact) mass is 424 g/mol. The standard InChI is InChI=1S/C28H31F3/c1-3-5-6-8-24-17-18-25(28(31)27(24)30)22-13-9-20(10-14-22)11-15-23-16-12-21(7-4-2)19-26(23)29/h9-10,12-14,16-19H,3-8,11,15H2,1-2H3. The Hall–Kier alpha value is -2.55. The molecule has 0 nitrogen and oxygen atoms in total. The van der Waals surface area contributed by atoms with E-state index in [0.717, 1.165) is 43.2 Å². The van der Waals surface area contributed by atoms with Crippen molar-refractivity contribution < 1.29 is 13.2 Å². The number of rotatable bonds is 10. The normalized spacial score (nSPS) is 11.1. The van der Waals surface area contributed by atoms with E-state index in [-0.39, 0.29) is 11.4 Å². The van der Waals surface area contributed by atoms with Gasteiger partial charge in [0.05, 0.1) is 0 Å². The number of halogens is 3. The molecule has 0 heterocycles. The fraction of sp³-hybridized carbons (Fsp3) is 0.357. The Labute approximate surface area is 184 Å². The van der Waals surface area contributed by atoms with Crippen LogP contribution in [0.4, 0.5) is 13.2 Å². The molecule has 0 aliphatic rings. The van der Waals surface area contributed by atoms with Crippen LogP contribution in [0.5, 0.6) is 0 Å². The van der Waals surface area contributed by atoms with Crippen LogP contribution in [-0.2, 0) is 25.7 Å². The number of hydrogen-bond donors (Lipinski definition) is 0. The van der Waals surface area contributed by atoms with Crippen LogP contribution in [0.3, 0.4) is 0 Å². The summed E-state index contributed by atoms with van der Waals surface area (Å²) in [6.45, 7) is 4.17. The minimum absolute atomic E-state index is 0.154. The smallest absolute Gasteiger partial charge is 0.166 e. The highest BCUT2D eigenvalue weighted by Crippen LogP contribution is 2.28. The summed E-state index contributed by atoms with van der Waals surface area (Å²) in [7, 11) is 0. The molecule has 0 amide bonds. The second-order valence-corrected chi connectivity index (χ2v) is 8.23. The van der Waals surface area contributed by atoms with Crippen molar-refractivity contribution in [1.82, 2.24) is 0 Å². The third kappa shape index (κ3) is 6.00. The average Bonchev–Trinajstić information content (AvgIpc) is 2.77. The van der Waals surface area contributed by atoms with Crippen LogP contribution in [0.1, 0.15) is 61.8 Å². The molecule has 0 aliphatic heterocycles. The maximum atomic E-state index is 14.6. The topological polar surface area (TPSA) is 0 Å². The van der Waals surface area contributed by atoms with Gasteiger partial charge in [0.15, 0.2) is 11.6 Å². The Balaban J connectivity index is 1.67. The van der Waals surface area contributed by atoms with Gasteiger partial charge < -0.3 is 0 Å². The number of unbranched alkanes of at least 4 members (excludes halogenated alkanes) is 2. The Morgan fingerprint density at radius 3 is 1.97 bits per heavy atom. The van der Waals surface area contributed by atoms with Gasteiger partial charge in [0.1, 0.15) is 5.82 Å². The zero-order valence-electron chi connectivity index (χ0n) is 18.5. The molecule has 0 unspecified atom stereocenters. The van der Waals surface area contributed by atoms with E-state index in [1.807, 2.05) is 36.4 Å². The Bertz CT molecular complexity index is 990. The third-order valence-corrected chi connectivity index (χ3v) is 5.82. The first-order chi connectivity index (χ1) is 15.0. The quantitative estimate of drug-likeness (QED) is 0.287. The molecule has 0 bridgehead atoms. The summed E-state index contributed by atoms with van der Waals surface area (Å²) >= 11 is 0. The van der Waals surface area contributed by atoms with E-state index in [1.165, 1.54) is 0 Å². The first-order valence-corrected chi connectivity index (χ1v) is 11.4. The second-order valence-electron chi connectivity index (χ2n) is 8.23. The van der Waals surface area contributed by atoms with Gasteiger partial charge in [-0.3, -0.25) is 0 Å². The van der Waals surface area contributed by atoms with E-state index < -0.39 is 11.6 Å². The summed E-state index contributed by atoms with van der Waals surface area (Å²) in [6, 6.07) is 16.3. The van der Waals surface area contributed by atoms with Crippen molar-refractivity contribution in [2.75, 3.05) is 0 Å². The number of hydrogen-bond acceptors (Lipinski definition) is 0. The molecule has 0 radical (unpaired) electrons. The molecule has 0 aliphatic carbocycles. The molecule has 3 aromatic rings. The molecule has 3 heteroatoms. The predicted octanol–water partition coefficient (Wildman–Crippen LogP) is 8.24. The van der Waals surface area contributed by atoms with Crippen molar-refractivity contribution in [3.05, 3.63) is 94.3 Å². The van der Waals surface area contributed by atoms with Crippen molar-refractivity contribution in [3.8, 4) is 11.1 Å². The van der Waals surface area contributed by atoms with Gasteiger partial charge in [-0.25, -0.2) is 13.2 Å². The van der Waals surface area contributed by atoms with E-state index in [0.29, 0.717) is 36.0 Å². The highest BCUT2D eigenvalue weighted by molar-refractivity contribution is 5.65. The molecule has 0 spiro atoms. The van der Waals surface area contributed by atoms with Crippen LogP contribution >= 0.6 is 0 Å². The third-order valence-electron chi connectivity index (χ3n) is 5.82. The van der Waals surface area contributed by atoms with Crippen molar-refractivity contribution >= 4 is 0 Å². The van der Waals surface area contributed by atoms with Crippen molar-refractivity contribution in [2.45, 2.75) is 65.2 Å². The molecular weight excluding hydrogens is 393 g/mol. The van der Waals surface area contributed by atoms with Crippen LogP contribution in [0.2, 0.25) is 0 Å². The fourth-order valence-corrected chi connectivity index (χ4v) is 3.94. The van der Waals surface area contributed by atoms with Crippen LogP contribution in [-0.4, -0.2) is 0 Å². The lowest BCUT2D eigenvalue weighted by molar-refractivity contribution is 0.498. The lowest BCUT2D eigenvalue weighted by atomic mass is 9.97. The van der Waals surface area contributed by atoms with Crippen LogP contribution in [0.25, 0.3) is 11.1 Å². The van der Waals surface area contributed by atoms with E-state index in [2.05, 4.69) is 13.8 Å². The van der Waals surface area contributed by atoms with Crippen molar-refractivity contribution in [1.29, 1.82) is 0 Å². The number of benzene rings is 3. The Morgan fingerprint density at radius 2 is 1.29 bits per heavy atom. The van der Waals surface area contributed by atoms with Gasteiger partial charge in [-0.15, -0.1) is 0 Å². The molecule has 3 aromatic carbocycles. The van der Waals surface area contributed by atoms with Gasteiger partial charge in [0.2, 0.25) is 0 Å². The molecule has 164 valence electrons. The molecule has 0 atom stereocenters. The molecule has 0 saturated heterocycles. The minimum atomic E-state index is -0.781. The highest BCUT2D eigenvalue weighted by atomic mass is 19.2. The first-order valence-electron chi connectivity index (χ1n) is 11.4. The van der Waals surface area contributed by atoms with Gasteiger partial charge in [0.25, 0.3) is 0 Å². The summed E-state index contributed by atoms with van der Waals surface area (Å²) in [5.74, 6) is -1.67. The van der Waals surface area contributed by atoms with Gasteiger partial charge in [0, 0.05) is 5.56 Å². The van der Waals surface area contributed by atoms with E-state index in [4.69, 9.17) is 0 Å². The Kier molecular flexibility index (Phi) is 8.34. The zero-order valence-corrected chi connectivity index (χ0v) is 18.5.